The lowest BCUT2D eigenvalue weighted by molar-refractivity contribution is 0.00578. The Hall–Kier alpha value is -2.81. The number of hydrogen-bond acceptors (Lipinski definition) is 6. The minimum absolute atomic E-state index is 0.201. The van der Waals surface area contributed by atoms with Gasteiger partial charge in [0, 0.05) is 12.2 Å². The Morgan fingerprint density at radius 2 is 1.74 bits per heavy atom. The number of nitrogens with two attached hydrogens (primary N) is 1. The number of carbonyl (C=O) groups excluding carboxylic acids is 1. The first-order valence-corrected chi connectivity index (χ1v) is 10.3. The summed E-state index contributed by atoms with van der Waals surface area (Å²) in [6.45, 7) is 8.38. The molecule has 0 saturated carbocycles. The minimum atomic E-state index is -0.603. The van der Waals surface area contributed by atoms with Gasteiger partial charge in [-0.3, -0.25) is 5.84 Å². The summed E-state index contributed by atoms with van der Waals surface area (Å²) in [5.41, 5.74) is 5.02. The van der Waals surface area contributed by atoms with Crippen molar-refractivity contribution < 1.29 is 18.8 Å². The fraction of sp³-hybridized carbons (Fsp3) is 0.348. The van der Waals surface area contributed by atoms with Crippen molar-refractivity contribution in [3.05, 3.63) is 71.2 Å². The molecule has 1 aliphatic heterocycles. The highest BCUT2D eigenvalue weighted by Gasteiger charge is 2.52. The van der Waals surface area contributed by atoms with E-state index >= 15 is 0 Å². The normalized spacial score (nSPS) is 17.3. The average molecular weight is 423 g/mol. The summed E-state index contributed by atoms with van der Waals surface area (Å²) >= 11 is 0. The molecule has 0 atom stereocenters. The highest BCUT2D eigenvalue weighted by Crippen LogP contribution is 2.38. The summed E-state index contributed by atoms with van der Waals surface area (Å²) in [5.74, 6) is 5.53. The zero-order valence-electron chi connectivity index (χ0n) is 18.5. The van der Waals surface area contributed by atoms with Crippen molar-refractivity contribution in [1.82, 2.24) is 5.32 Å². The molecule has 0 spiro atoms. The molecule has 0 aromatic heterocycles. The number of nitrogens with one attached hydrogen (secondary N) is 2. The van der Waals surface area contributed by atoms with Gasteiger partial charge in [-0.1, -0.05) is 48.5 Å². The van der Waals surface area contributed by atoms with Crippen LogP contribution in [-0.2, 0) is 20.7 Å². The van der Waals surface area contributed by atoms with E-state index in [1.807, 2.05) is 88.4 Å². The molecule has 1 aliphatic rings. The Kier molecular flexibility index (Phi) is 7.05. The smallest absolute Gasteiger partial charge is 0.445 e. The van der Waals surface area contributed by atoms with E-state index in [1.54, 1.807) is 0 Å². The van der Waals surface area contributed by atoms with Crippen molar-refractivity contribution in [3.63, 3.8) is 0 Å². The number of carbonyl (C=O) groups is 1. The van der Waals surface area contributed by atoms with Crippen LogP contribution in [-0.4, -0.2) is 31.0 Å². The van der Waals surface area contributed by atoms with E-state index in [1.165, 1.54) is 0 Å². The van der Waals surface area contributed by atoms with Crippen molar-refractivity contribution >= 4 is 25.0 Å². The molecular formula is C23H30BN3O4. The summed E-state index contributed by atoms with van der Waals surface area (Å²) in [6.07, 6.45) is 1.42. The van der Waals surface area contributed by atoms with Crippen LogP contribution in [0.5, 0.6) is 0 Å². The minimum Gasteiger partial charge on any atom is -0.445 e. The number of rotatable bonds is 7. The zero-order valence-corrected chi connectivity index (χ0v) is 18.5. The van der Waals surface area contributed by atoms with Gasteiger partial charge in [-0.2, -0.15) is 0 Å². The second-order valence-electron chi connectivity index (χ2n) is 8.49. The van der Waals surface area contributed by atoms with Crippen LogP contribution in [0.3, 0.4) is 0 Å². The molecule has 1 fully saturated rings. The third-order valence-corrected chi connectivity index (χ3v) is 5.61. The second kappa shape index (κ2) is 9.55. The average Bonchev–Trinajstić information content (AvgIpc) is 2.97. The Balaban J connectivity index is 1.73. The molecule has 0 bridgehead atoms. The number of hydrazine groups is 1. The third-order valence-electron chi connectivity index (χ3n) is 5.61. The lowest BCUT2D eigenvalue weighted by Gasteiger charge is -2.32. The maximum absolute atomic E-state index is 12.3. The summed E-state index contributed by atoms with van der Waals surface area (Å²) in [7, 11) is -0.603. The quantitative estimate of drug-likeness (QED) is 0.355. The molecule has 0 radical (unpaired) electrons. The highest BCUT2D eigenvalue weighted by atomic mass is 16.7. The molecule has 0 unspecified atom stereocenters. The SMILES string of the molecule is CC1(C)OB(C(=Cc2cccc(NN)c2)CNC(=O)OCc2ccccc2)OC1(C)C. The molecule has 1 saturated heterocycles. The predicted molar refractivity (Wildman–Crippen MR) is 123 cm³/mol. The Morgan fingerprint density at radius 1 is 1.06 bits per heavy atom. The predicted octanol–water partition coefficient (Wildman–Crippen LogP) is 3.91. The van der Waals surface area contributed by atoms with Crippen LogP contribution >= 0.6 is 0 Å². The number of benzene rings is 2. The van der Waals surface area contributed by atoms with Crippen LogP contribution in [0.15, 0.2) is 60.1 Å². The van der Waals surface area contributed by atoms with Gasteiger partial charge in [0.2, 0.25) is 0 Å². The first kappa shape index (κ1) is 22.9. The van der Waals surface area contributed by atoms with Gasteiger partial charge in [0.05, 0.1) is 11.2 Å². The Morgan fingerprint density at radius 3 is 2.39 bits per heavy atom. The van der Waals surface area contributed by atoms with Gasteiger partial charge < -0.3 is 24.8 Å². The van der Waals surface area contributed by atoms with E-state index in [2.05, 4.69) is 10.7 Å². The molecule has 31 heavy (non-hydrogen) atoms. The monoisotopic (exact) mass is 423 g/mol. The van der Waals surface area contributed by atoms with Gasteiger partial charge in [0.25, 0.3) is 0 Å². The van der Waals surface area contributed by atoms with Gasteiger partial charge in [0.15, 0.2) is 0 Å². The van der Waals surface area contributed by atoms with Crippen LogP contribution in [0.25, 0.3) is 6.08 Å². The van der Waals surface area contributed by atoms with Gasteiger partial charge in [-0.25, -0.2) is 4.79 Å². The molecule has 1 amide bonds. The third kappa shape index (κ3) is 5.88. The molecule has 3 rings (SSSR count). The number of anilines is 1. The zero-order chi connectivity index (χ0) is 22.5. The fourth-order valence-electron chi connectivity index (χ4n) is 3.08. The maximum atomic E-state index is 12.3. The molecule has 2 aromatic carbocycles. The lowest BCUT2D eigenvalue weighted by atomic mass is 9.77. The van der Waals surface area contributed by atoms with Crippen molar-refractivity contribution in [2.45, 2.75) is 45.5 Å². The van der Waals surface area contributed by atoms with Crippen molar-refractivity contribution in [2.75, 3.05) is 12.0 Å². The molecular weight excluding hydrogens is 393 g/mol. The highest BCUT2D eigenvalue weighted by molar-refractivity contribution is 6.56. The first-order valence-electron chi connectivity index (χ1n) is 10.3. The van der Waals surface area contributed by atoms with E-state index in [0.717, 1.165) is 22.3 Å². The van der Waals surface area contributed by atoms with Crippen molar-refractivity contribution in [2.24, 2.45) is 5.84 Å². The Bertz CT molecular complexity index is 915. The van der Waals surface area contributed by atoms with Gasteiger partial charge in [-0.15, -0.1) is 0 Å². The van der Waals surface area contributed by atoms with Gasteiger partial charge in [0.1, 0.15) is 6.61 Å². The molecule has 2 aromatic rings. The van der Waals surface area contributed by atoms with Gasteiger partial charge in [-0.05, 0) is 56.4 Å². The molecule has 4 N–H and O–H groups in total. The van der Waals surface area contributed by atoms with Crippen molar-refractivity contribution in [3.8, 4) is 0 Å². The topological polar surface area (TPSA) is 94.8 Å². The largest absolute Gasteiger partial charge is 0.492 e. The number of ether oxygens (including phenoxy) is 1. The summed E-state index contributed by atoms with van der Waals surface area (Å²) in [5, 5.41) is 2.80. The summed E-state index contributed by atoms with van der Waals surface area (Å²) in [6, 6.07) is 17.1. The van der Waals surface area contributed by atoms with Crippen LogP contribution < -0.4 is 16.6 Å². The van der Waals surface area contributed by atoms with Crippen LogP contribution in [0.2, 0.25) is 0 Å². The molecule has 1 heterocycles. The van der Waals surface area contributed by atoms with Gasteiger partial charge >= 0.3 is 13.2 Å². The molecule has 0 aliphatic carbocycles. The number of nitrogen functional groups attached to an aromatic ring is 1. The van der Waals surface area contributed by atoms with Crippen LogP contribution in [0.1, 0.15) is 38.8 Å². The molecule has 164 valence electrons. The molecule has 8 heteroatoms. The number of hydrogen-bond donors (Lipinski definition) is 3. The van der Waals surface area contributed by atoms with E-state index in [-0.39, 0.29) is 13.2 Å². The van der Waals surface area contributed by atoms with Crippen molar-refractivity contribution in [1.29, 1.82) is 0 Å². The summed E-state index contributed by atoms with van der Waals surface area (Å²) in [4.78, 5) is 12.3. The fourth-order valence-corrected chi connectivity index (χ4v) is 3.08. The Labute approximate surface area is 184 Å². The second-order valence-corrected chi connectivity index (χ2v) is 8.49. The molecule has 7 nitrogen and oxygen atoms in total. The maximum Gasteiger partial charge on any atom is 0.492 e. The number of amides is 1. The van der Waals surface area contributed by atoms with Crippen LogP contribution in [0.4, 0.5) is 10.5 Å². The first-order chi connectivity index (χ1) is 14.7. The lowest BCUT2D eigenvalue weighted by Crippen LogP contribution is -2.41. The van der Waals surface area contributed by atoms with E-state index < -0.39 is 24.4 Å². The van der Waals surface area contributed by atoms with Crippen LogP contribution in [0, 0.1) is 0 Å². The van der Waals surface area contributed by atoms with E-state index in [0.29, 0.717) is 0 Å². The van der Waals surface area contributed by atoms with E-state index in [9.17, 15) is 4.79 Å². The summed E-state index contributed by atoms with van der Waals surface area (Å²) < 4.78 is 17.7. The number of alkyl carbamates (subject to hydrolysis) is 1. The van der Waals surface area contributed by atoms with E-state index in [4.69, 9.17) is 19.9 Å². The standard InChI is InChI=1S/C23H30BN3O4/c1-22(2)23(3,4)31-24(30-22)19(13-18-11-8-12-20(14-18)27-25)15-26-21(28)29-16-17-9-6-5-7-10-17/h5-14,27H,15-16,25H2,1-4H3,(H,26,28).